The van der Waals surface area contributed by atoms with Gasteiger partial charge in [-0.05, 0) is 18.2 Å². The Morgan fingerprint density at radius 3 is 2.52 bits per heavy atom. The topological polar surface area (TPSA) is 101 Å². The van der Waals surface area contributed by atoms with E-state index in [2.05, 4.69) is 25.3 Å². The number of thiazole rings is 1. The number of anilines is 2. The van der Waals surface area contributed by atoms with E-state index in [0.717, 1.165) is 11.3 Å². The second-order valence-electron chi connectivity index (χ2n) is 3.91. The lowest BCUT2D eigenvalue weighted by Gasteiger charge is -1.98. The van der Waals surface area contributed by atoms with Crippen molar-refractivity contribution in [2.24, 2.45) is 0 Å². The summed E-state index contributed by atoms with van der Waals surface area (Å²) < 4.78 is 0. The van der Waals surface area contributed by atoms with Crippen LogP contribution < -0.4 is 5.32 Å². The first-order valence-electron chi connectivity index (χ1n) is 5.93. The predicted octanol–water partition coefficient (Wildman–Crippen LogP) is 2.44. The average molecular weight is 299 g/mol. The van der Waals surface area contributed by atoms with Gasteiger partial charge in [-0.1, -0.05) is 17.4 Å². The minimum Gasteiger partial charge on any atom is -0.477 e. The lowest BCUT2D eigenvalue weighted by molar-refractivity contribution is 0.0702. The molecule has 104 valence electrons. The molecule has 0 spiro atoms. The van der Waals surface area contributed by atoms with Crippen LogP contribution in [0.15, 0.2) is 42.9 Å². The maximum absolute atomic E-state index is 11.3. The first kappa shape index (κ1) is 13.1. The SMILES string of the molecule is O=C(O)c1sc(Nc2ncccn2)nc1-c1ccccn1. The number of aromatic nitrogens is 4. The molecule has 21 heavy (non-hydrogen) atoms. The fourth-order valence-corrected chi connectivity index (χ4v) is 2.46. The largest absolute Gasteiger partial charge is 0.477 e. The molecule has 0 amide bonds. The van der Waals surface area contributed by atoms with Crippen molar-refractivity contribution >= 4 is 28.4 Å². The van der Waals surface area contributed by atoms with Gasteiger partial charge in [0.05, 0.1) is 5.69 Å². The molecule has 8 heteroatoms. The van der Waals surface area contributed by atoms with Crippen LogP contribution in [0.4, 0.5) is 11.1 Å². The van der Waals surface area contributed by atoms with Crippen molar-refractivity contribution in [3.63, 3.8) is 0 Å². The normalized spacial score (nSPS) is 10.3. The van der Waals surface area contributed by atoms with Crippen molar-refractivity contribution in [3.05, 3.63) is 47.7 Å². The highest BCUT2D eigenvalue weighted by atomic mass is 32.1. The van der Waals surface area contributed by atoms with E-state index < -0.39 is 5.97 Å². The minimum absolute atomic E-state index is 0.118. The smallest absolute Gasteiger partial charge is 0.348 e. The molecule has 0 atom stereocenters. The number of nitrogens with one attached hydrogen (secondary N) is 1. The van der Waals surface area contributed by atoms with Gasteiger partial charge in [-0.25, -0.2) is 19.7 Å². The van der Waals surface area contributed by atoms with E-state index in [1.165, 1.54) is 0 Å². The number of carboxylic acid groups (broad SMARTS) is 1. The third-order valence-corrected chi connectivity index (χ3v) is 3.47. The Morgan fingerprint density at radius 1 is 1.10 bits per heavy atom. The van der Waals surface area contributed by atoms with E-state index in [9.17, 15) is 9.90 Å². The lowest BCUT2D eigenvalue weighted by Crippen LogP contribution is -1.96. The average Bonchev–Trinajstić information content (AvgIpc) is 2.93. The number of hydrogen-bond acceptors (Lipinski definition) is 7. The third-order valence-electron chi connectivity index (χ3n) is 2.51. The highest BCUT2D eigenvalue weighted by Crippen LogP contribution is 2.30. The summed E-state index contributed by atoms with van der Waals surface area (Å²) >= 11 is 1.02. The fourth-order valence-electron chi connectivity index (χ4n) is 1.65. The molecule has 0 aliphatic rings. The molecular weight excluding hydrogens is 290 g/mol. The molecule has 3 rings (SSSR count). The summed E-state index contributed by atoms with van der Waals surface area (Å²) in [5, 5.41) is 12.6. The minimum atomic E-state index is -1.05. The number of aromatic carboxylic acids is 1. The highest BCUT2D eigenvalue weighted by Gasteiger charge is 2.19. The Morgan fingerprint density at radius 2 is 1.86 bits per heavy atom. The summed E-state index contributed by atoms with van der Waals surface area (Å²) in [6, 6.07) is 6.94. The first-order valence-corrected chi connectivity index (χ1v) is 6.75. The van der Waals surface area contributed by atoms with E-state index >= 15 is 0 Å². The second-order valence-corrected chi connectivity index (χ2v) is 4.91. The summed E-state index contributed by atoms with van der Waals surface area (Å²) in [6.45, 7) is 0. The van der Waals surface area contributed by atoms with E-state index in [1.807, 2.05) is 0 Å². The van der Waals surface area contributed by atoms with Crippen LogP contribution in [0.5, 0.6) is 0 Å². The number of nitrogens with zero attached hydrogens (tertiary/aromatic N) is 4. The van der Waals surface area contributed by atoms with Crippen LogP contribution in [0.25, 0.3) is 11.4 Å². The zero-order valence-electron chi connectivity index (χ0n) is 10.6. The van der Waals surface area contributed by atoms with Crippen LogP contribution in [0.2, 0.25) is 0 Å². The monoisotopic (exact) mass is 299 g/mol. The lowest BCUT2D eigenvalue weighted by atomic mass is 10.2. The molecule has 0 aliphatic carbocycles. The standard InChI is InChI=1S/C13H9N5O2S/c19-11(20)10-9(8-4-1-2-5-14-8)17-13(21-10)18-12-15-6-3-7-16-12/h1-7H,(H,19,20)(H,15,16,17,18). The van der Waals surface area contributed by atoms with Gasteiger partial charge in [0.15, 0.2) is 5.13 Å². The molecule has 0 fully saturated rings. The third kappa shape index (κ3) is 2.84. The Kier molecular flexibility index (Phi) is 3.52. The summed E-state index contributed by atoms with van der Waals surface area (Å²) in [4.78, 5) is 27.9. The van der Waals surface area contributed by atoms with Gasteiger partial charge in [0.1, 0.15) is 10.6 Å². The van der Waals surface area contributed by atoms with Crippen molar-refractivity contribution in [2.45, 2.75) is 0 Å². The number of hydrogen-bond donors (Lipinski definition) is 2. The molecule has 0 saturated carbocycles. The molecule has 0 saturated heterocycles. The summed E-state index contributed by atoms with van der Waals surface area (Å²) in [6.07, 6.45) is 4.76. The quantitative estimate of drug-likeness (QED) is 0.763. The predicted molar refractivity (Wildman–Crippen MR) is 77.6 cm³/mol. The van der Waals surface area contributed by atoms with Crippen LogP contribution in [0.1, 0.15) is 9.67 Å². The Labute approximate surface area is 123 Å². The van der Waals surface area contributed by atoms with Crippen LogP contribution >= 0.6 is 11.3 Å². The number of carbonyl (C=O) groups is 1. The van der Waals surface area contributed by atoms with Gasteiger partial charge in [-0.15, -0.1) is 0 Å². The number of carboxylic acids is 1. The Balaban J connectivity index is 1.99. The van der Waals surface area contributed by atoms with Crippen molar-refractivity contribution in [1.29, 1.82) is 0 Å². The first-order chi connectivity index (χ1) is 10.2. The van der Waals surface area contributed by atoms with Gasteiger partial charge in [0.25, 0.3) is 0 Å². The van der Waals surface area contributed by atoms with E-state index in [-0.39, 0.29) is 4.88 Å². The van der Waals surface area contributed by atoms with Crippen LogP contribution in [-0.4, -0.2) is 31.0 Å². The number of rotatable bonds is 4. The molecule has 0 bridgehead atoms. The molecule has 0 radical (unpaired) electrons. The molecule has 0 unspecified atom stereocenters. The maximum atomic E-state index is 11.3. The van der Waals surface area contributed by atoms with Gasteiger partial charge in [0.2, 0.25) is 5.95 Å². The molecular formula is C13H9N5O2S. The van der Waals surface area contributed by atoms with Crippen molar-refractivity contribution < 1.29 is 9.90 Å². The molecule has 3 aromatic heterocycles. The Bertz CT molecular complexity index is 761. The maximum Gasteiger partial charge on any atom is 0.348 e. The molecule has 3 heterocycles. The van der Waals surface area contributed by atoms with Gasteiger partial charge in [-0.2, -0.15) is 0 Å². The van der Waals surface area contributed by atoms with Gasteiger partial charge >= 0.3 is 5.97 Å². The van der Waals surface area contributed by atoms with Gasteiger partial charge in [0, 0.05) is 18.6 Å². The van der Waals surface area contributed by atoms with E-state index in [0.29, 0.717) is 22.5 Å². The summed E-state index contributed by atoms with van der Waals surface area (Å²) in [7, 11) is 0. The van der Waals surface area contributed by atoms with Gasteiger partial charge < -0.3 is 10.4 Å². The number of pyridine rings is 1. The molecule has 3 aromatic rings. The van der Waals surface area contributed by atoms with Crippen LogP contribution in [-0.2, 0) is 0 Å². The fraction of sp³-hybridized carbons (Fsp3) is 0. The highest BCUT2D eigenvalue weighted by molar-refractivity contribution is 7.17. The molecule has 7 nitrogen and oxygen atoms in total. The van der Waals surface area contributed by atoms with E-state index in [1.54, 1.807) is 42.9 Å². The summed E-state index contributed by atoms with van der Waals surface area (Å²) in [5.74, 6) is -0.689. The Hall–Kier alpha value is -2.87. The second kappa shape index (κ2) is 5.63. The van der Waals surface area contributed by atoms with Gasteiger partial charge in [-0.3, -0.25) is 4.98 Å². The van der Waals surface area contributed by atoms with Crippen LogP contribution in [0.3, 0.4) is 0 Å². The van der Waals surface area contributed by atoms with Crippen molar-refractivity contribution in [2.75, 3.05) is 5.32 Å². The zero-order valence-corrected chi connectivity index (χ0v) is 11.4. The summed E-state index contributed by atoms with van der Waals surface area (Å²) in [5.41, 5.74) is 0.833. The van der Waals surface area contributed by atoms with Crippen LogP contribution in [0, 0.1) is 0 Å². The van der Waals surface area contributed by atoms with Crippen molar-refractivity contribution in [3.8, 4) is 11.4 Å². The zero-order chi connectivity index (χ0) is 14.7. The molecule has 0 aromatic carbocycles. The molecule has 2 N–H and O–H groups in total. The molecule has 0 aliphatic heterocycles. The van der Waals surface area contributed by atoms with E-state index in [4.69, 9.17) is 0 Å². The van der Waals surface area contributed by atoms with Crippen molar-refractivity contribution in [1.82, 2.24) is 19.9 Å².